The first-order valence-corrected chi connectivity index (χ1v) is 6.02. The molecule has 0 radical (unpaired) electrons. The average molecular weight is 258 g/mol. The summed E-state index contributed by atoms with van der Waals surface area (Å²) in [4.78, 5) is 0. The number of hydrogen-bond acceptors (Lipinski definition) is 4. The lowest BCUT2D eigenvalue weighted by molar-refractivity contribution is 0.177. The molecule has 5 heteroatoms. The van der Waals surface area contributed by atoms with E-state index in [4.69, 9.17) is 21.1 Å². The number of likely N-dealkylation sites (N-methyl/N-ethyl adjacent to an activating group) is 1. The van der Waals surface area contributed by atoms with Crippen LogP contribution in [0.3, 0.4) is 0 Å². The van der Waals surface area contributed by atoms with Gasteiger partial charge < -0.3 is 19.9 Å². The third-order valence-corrected chi connectivity index (χ3v) is 3.03. The van der Waals surface area contributed by atoms with Crippen molar-refractivity contribution in [3.05, 3.63) is 22.7 Å². The van der Waals surface area contributed by atoms with E-state index in [9.17, 15) is 5.11 Å². The maximum Gasteiger partial charge on any atom is 0.180 e. The zero-order chi connectivity index (χ0) is 12.3. The van der Waals surface area contributed by atoms with Crippen LogP contribution in [-0.2, 0) is 0 Å². The maximum atomic E-state index is 9.93. The van der Waals surface area contributed by atoms with Gasteiger partial charge in [0.2, 0.25) is 0 Å². The second-order valence-corrected chi connectivity index (χ2v) is 4.30. The number of rotatable bonds is 3. The largest absolute Gasteiger partial charge is 0.490 e. The number of benzene rings is 1. The molecule has 0 amide bonds. The van der Waals surface area contributed by atoms with E-state index in [0.717, 1.165) is 6.42 Å². The minimum Gasteiger partial charge on any atom is -0.490 e. The molecule has 0 spiro atoms. The molecule has 94 valence electrons. The number of hydrogen-bond donors (Lipinski definition) is 2. The predicted molar refractivity (Wildman–Crippen MR) is 65.9 cm³/mol. The molecule has 2 rings (SSSR count). The van der Waals surface area contributed by atoms with Crippen LogP contribution >= 0.6 is 11.6 Å². The molecule has 1 aromatic rings. The number of aliphatic hydroxyl groups is 1. The van der Waals surface area contributed by atoms with Crippen LogP contribution in [0, 0.1) is 0 Å². The summed E-state index contributed by atoms with van der Waals surface area (Å²) in [6.45, 7) is 1.65. The second kappa shape index (κ2) is 5.58. The molecule has 0 fully saturated rings. The Morgan fingerprint density at radius 1 is 1.41 bits per heavy atom. The third kappa shape index (κ3) is 2.65. The molecular weight excluding hydrogens is 242 g/mol. The van der Waals surface area contributed by atoms with Gasteiger partial charge in [0.1, 0.15) is 0 Å². The highest BCUT2D eigenvalue weighted by atomic mass is 35.5. The van der Waals surface area contributed by atoms with Crippen molar-refractivity contribution in [1.29, 1.82) is 0 Å². The lowest BCUT2D eigenvalue weighted by atomic mass is 10.1. The van der Waals surface area contributed by atoms with Crippen molar-refractivity contribution >= 4 is 11.6 Å². The van der Waals surface area contributed by atoms with Gasteiger partial charge >= 0.3 is 0 Å². The van der Waals surface area contributed by atoms with E-state index in [2.05, 4.69) is 5.32 Å². The van der Waals surface area contributed by atoms with E-state index in [1.54, 1.807) is 19.2 Å². The number of nitrogens with one attached hydrogen (secondary N) is 1. The van der Waals surface area contributed by atoms with Gasteiger partial charge in [-0.25, -0.2) is 0 Å². The molecule has 0 aliphatic carbocycles. The molecule has 1 heterocycles. The van der Waals surface area contributed by atoms with Gasteiger partial charge in [0, 0.05) is 18.5 Å². The summed E-state index contributed by atoms with van der Waals surface area (Å²) in [5.74, 6) is 1.18. The first-order chi connectivity index (χ1) is 8.24. The number of ether oxygens (including phenoxy) is 2. The molecule has 2 N–H and O–H groups in total. The summed E-state index contributed by atoms with van der Waals surface area (Å²) < 4.78 is 11.1. The van der Waals surface area contributed by atoms with Gasteiger partial charge in [0.25, 0.3) is 0 Å². The Bertz CT molecular complexity index is 398. The molecule has 1 aliphatic rings. The fourth-order valence-corrected chi connectivity index (χ4v) is 2.11. The molecule has 1 unspecified atom stereocenters. The van der Waals surface area contributed by atoms with Crippen molar-refractivity contribution in [1.82, 2.24) is 5.32 Å². The van der Waals surface area contributed by atoms with Gasteiger partial charge in [0.15, 0.2) is 11.5 Å². The SMILES string of the molecule is CNCC(O)c1ccc2c(c1Cl)OCCCO2. The molecule has 0 aromatic heterocycles. The van der Waals surface area contributed by atoms with E-state index in [0.29, 0.717) is 41.8 Å². The van der Waals surface area contributed by atoms with Crippen molar-refractivity contribution in [2.75, 3.05) is 26.8 Å². The van der Waals surface area contributed by atoms with E-state index < -0.39 is 6.10 Å². The Hall–Kier alpha value is -0.970. The van der Waals surface area contributed by atoms with Crippen LogP contribution in [0.4, 0.5) is 0 Å². The van der Waals surface area contributed by atoms with Gasteiger partial charge in [-0.05, 0) is 13.1 Å². The molecule has 0 saturated heterocycles. The molecular formula is C12H16ClNO3. The Labute approximate surface area is 105 Å². The van der Waals surface area contributed by atoms with E-state index in [1.807, 2.05) is 0 Å². The van der Waals surface area contributed by atoms with Crippen molar-refractivity contribution in [3.8, 4) is 11.5 Å². The van der Waals surface area contributed by atoms with E-state index in [-0.39, 0.29) is 0 Å². The molecule has 1 aliphatic heterocycles. The number of fused-ring (bicyclic) bond motifs is 1. The smallest absolute Gasteiger partial charge is 0.180 e. The second-order valence-electron chi connectivity index (χ2n) is 3.92. The molecule has 0 bridgehead atoms. The molecule has 4 nitrogen and oxygen atoms in total. The average Bonchev–Trinajstić information content (AvgIpc) is 2.55. The summed E-state index contributed by atoms with van der Waals surface area (Å²) in [7, 11) is 1.78. The minimum atomic E-state index is -0.648. The fraction of sp³-hybridized carbons (Fsp3) is 0.500. The topological polar surface area (TPSA) is 50.7 Å². The van der Waals surface area contributed by atoms with Crippen LogP contribution in [0.15, 0.2) is 12.1 Å². The fourth-order valence-electron chi connectivity index (χ4n) is 1.78. The summed E-state index contributed by atoms with van der Waals surface area (Å²) >= 11 is 6.24. The Morgan fingerprint density at radius 3 is 2.94 bits per heavy atom. The molecule has 17 heavy (non-hydrogen) atoms. The van der Waals surface area contributed by atoms with Crippen LogP contribution in [0.1, 0.15) is 18.1 Å². The Balaban J connectivity index is 2.33. The normalized spacial score (nSPS) is 16.4. The summed E-state index contributed by atoms with van der Waals surface area (Å²) in [6.07, 6.45) is 0.184. The van der Waals surface area contributed by atoms with Crippen molar-refractivity contribution in [2.45, 2.75) is 12.5 Å². The third-order valence-electron chi connectivity index (χ3n) is 2.64. The zero-order valence-electron chi connectivity index (χ0n) is 9.70. The lowest BCUT2D eigenvalue weighted by Crippen LogP contribution is -2.17. The van der Waals surface area contributed by atoms with Gasteiger partial charge in [-0.15, -0.1) is 0 Å². The van der Waals surface area contributed by atoms with Crippen LogP contribution < -0.4 is 14.8 Å². The Morgan fingerprint density at radius 2 is 2.18 bits per heavy atom. The van der Waals surface area contributed by atoms with Crippen molar-refractivity contribution < 1.29 is 14.6 Å². The number of aliphatic hydroxyl groups excluding tert-OH is 1. The van der Waals surface area contributed by atoms with Gasteiger partial charge in [0.05, 0.1) is 24.3 Å². The predicted octanol–water partition coefficient (Wildman–Crippen LogP) is 1.75. The summed E-state index contributed by atoms with van der Waals surface area (Å²) in [5.41, 5.74) is 0.658. The zero-order valence-corrected chi connectivity index (χ0v) is 10.5. The van der Waals surface area contributed by atoms with Crippen molar-refractivity contribution in [3.63, 3.8) is 0 Å². The van der Waals surface area contributed by atoms with Crippen molar-refractivity contribution in [2.24, 2.45) is 0 Å². The monoisotopic (exact) mass is 257 g/mol. The van der Waals surface area contributed by atoms with Crippen LogP contribution in [0.2, 0.25) is 5.02 Å². The highest BCUT2D eigenvalue weighted by Gasteiger charge is 2.20. The number of halogens is 1. The van der Waals surface area contributed by atoms with Crippen LogP contribution in [0.5, 0.6) is 11.5 Å². The van der Waals surface area contributed by atoms with Crippen LogP contribution in [-0.4, -0.2) is 31.9 Å². The van der Waals surface area contributed by atoms with Gasteiger partial charge in [-0.1, -0.05) is 17.7 Å². The standard InChI is InChI=1S/C12H16ClNO3/c1-14-7-9(15)8-3-4-10-12(11(8)13)17-6-2-5-16-10/h3-4,9,14-15H,2,5-7H2,1H3. The first-order valence-electron chi connectivity index (χ1n) is 5.64. The first kappa shape index (κ1) is 12.5. The lowest BCUT2D eigenvalue weighted by Gasteiger charge is -2.16. The Kier molecular flexibility index (Phi) is 4.10. The van der Waals surface area contributed by atoms with E-state index in [1.165, 1.54) is 0 Å². The highest BCUT2D eigenvalue weighted by molar-refractivity contribution is 6.33. The van der Waals surface area contributed by atoms with Gasteiger partial charge in [-0.3, -0.25) is 0 Å². The highest BCUT2D eigenvalue weighted by Crippen LogP contribution is 2.40. The summed E-state index contributed by atoms with van der Waals surface area (Å²) in [5, 5.41) is 13.3. The maximum absolute atomic E-state index is 9.93. The van der Waals surface area contributed by atoms with Gasteiger partial charge in [-0.2, -0.15) is 0 Å². The minimum absolute atomic E-state index is 0.437. The molecule has 0 saturated carbocycles. The molecule has 1 aromatic carbocycles. The van der Waals surface area contributed by atoms with Crippen LogP contribution in [0.25, 0.3) is 0 Å². The summed E-state index contributed by atoms with van der Waals surface area (Å²) in [6, 6.07) is 3.57. The molecule has 1 atom stereocenters. The van der Waals surface area contributed by atoms with E-state index >= 15 is 0 Å². The quantitative estimate of drug-likeness (QED) is 0.866.